The first-order valence-electron chi connectivity index (χ1n) is 6.79. The number of methoxy groups -OCH3 is 1. The lowest BCUT2D eigenvalue weighted by molar-refractivity contribution is 0.0859. The third-order valence-corrected chi connectivity index (χ3v) is 3.79. The van der Waals surface area contributed by atoms with Gasteiger partial charge in [0.05, 0.1) is 13.2 Å². The van der Waals surface area contributed by atoms with Crippen LogP contribution in [0, 0.1) is 0 Å². The fourth-order valence-electron chi connectivity index (χ4n) is 2.63. The summed E-state index contributed by atoms with van der Waals surface area (Å²) >= 11 is 0. The molecule has 3 heteroatoms. The molecule has 1 fully saturated rings. The van der Waals surface area contributed by atoms with Crippen LogP contribution in [-0.4, -0.2) is 24.4 Å². The van der Waals surface area contributed by atoms with Crippen LogP contribution < -0.4 is 10.1 Å². The Morgan fingerprint density at radius 3 is 2.83 bits per heavy atom. The minimum Gasteiger partial charge on any atom is -0.497 e. The van der Waals surface area contributed by atoms with Gasteiger partial charge in [-0.1, -0.05) is 25.0 Å². The van der Waals surface area contributed by atoms with Gasteiger partial charge in [-0.2, -0.15) is 0 Å². The Morgan fingerprint density at radius 2 is 2.11 bits per heavy atom. The molecule has 0 radical (unpaired) electrons. The highest BCUT2D eigenvalue weighted by atomic mass is 16.5. The van der Waals surface area contributed by atoms with Crippen LogP contribution in [0.3, 0.4) is 0 Å². The highest BCUT2D eigenvalue weighted by Gasteiger charge is 2.24. The smallest absolute Gasteiger partial charge is 0.119 e. The van der Waals surface area contributed by atoms with Crippen LogP contribution in [0.25, 0.3) is 0 Å². The Bertz CT molecular complexity index is 381. The largest absolute Gasteiger partial charge is 0.497 e. The monoisotopic (exact) mass is 249 g/mol. The van der Waals surface area contributed by atoms with Gasteiger partial charge in [0.15, 0.2) is 0 Å². The number of hydrogen-bond acceptors (Lipinski definition) is 3. The number of aliphatic hydroxyl groups excluding tert-OH is 1. The van der Waals surface area contributed by atoms with Gasteiger partial charge in [0, 0.05) is 12.1 Å². The molecule has 0 amide bonds. The maximum absolute atomic E-state index is 9.98. The molecule has 0 aliphatic heterocycles. The first-order chi connectivity index (χ1) is 8.70. The molecule has 0 spiro atoms. The maximum atomic E-state index is 9.98. The molecule has 1 aromatic rings. The summed E-state index contributed by atoms with van der Waals surface area (Å²) in [6.07, 6.45) is 4.14. The molecule has 100 valence electrons. The molecule has 1 aliphatic carbocycles. The van der Waals surface area contributed by atoms with E-state index in [0.717, 1.165) is 25.0 Å². The van der Waals surface area contributed by atoms with E-state index < -0.39 is 0 Å². The molecule has 1 saturated carbocycles. The Balaban J connectivity index is 1.99. The second kappa shape index (κ2) is 6.21. The van der Waals surface area contributed by atoms with Gasteiger partial charge in [-0.25, -0.2) is 0 Å². The van der Waals surface area contributed by atoms with Gasteiger partial charge < -0.3 is 15.2 Å². The molecule has 0 bridgehead atoms. The SMILES string of the molecule is COc1cccc([C@H](C)N[C@@H]2CCCC[C@H]2O)c1. The van der Waals surface area contributed by atoms with E-state index >= 15 is 0 Å². The van der Waals surface area contributed by atoms with Crippen LogP contribution in [0.2, 0.25) is 0 Å². The Kier molecular flexibility index (Phi) is 4.61. The summed E-state index contributed by atoms with van der Waals surface area (Å²) in [5, 5.41) is 13.5. The second-order valence-electron chi connectivity index (χ2n) is 5.12. The lowest BCUT2D eigenvalue weighted by Gasteiger charge is -2.31. The molecule has 18 heavy (non-hydrogen) atoms. The summed E-state index contributed by atoms with van der Waals surface area (Å²) in [5.41, 5.74) is 1.20. The molecule has 2 rings (SSSR count). The van der Waals surface area contributed by atoms with E-state index in [1.54, 1.807) is 7.11 Å². The molecule has 3 atom stereocenters. The van der Waals surface area contributed by atoms with Crippen LogP contribution in [-0.2, 0) is 0 Å². The van der Waals surface area contributed by atoms with Gasteiger partial charge in [0.25, 0.3) is 0 Å². The minimum atomic E-state index is -0.202. The number of nitrogens with one attached hydrogen (secondary N) is 1. The van der Waals surface area contributed by atoms with Crippen molar-refractivity contribution in [3.63, 3.8) is 0 Å². The average molecular weight is 249 g/mol. The van der Waals surface area contributed by atoms with Crippen molar-refractivity contribution in [3.05, 3.63) is 29.8 Å². The third-order valence-electron chi connectivity index (χ3n) is 3.79. The molecular formula is C15H23NO2. The van der Waals surface area contributed by atoms with Crippen molar-refractivity contribution in [2.75, 3.05) is 7.11 Å². The van der Waals surface area contributed by atoms with Crippen molar-refractivity contribution < 1.29 is 9.84 Å². The van der Waals surface area contributed by atoms with Crippen LogP contribution in [0.5, 0.6) is 5.75 Å². The van der Waals surface area contributed by atoms with Crippen molar-refractivity contribution in [1.82, 2.24) is 5.32 Å². The van der Waals surface area contributed by atoms with Crippen LogP contribution >= 0.6 is 0 Å². The molecule has 3 nitrogen and oxygen atoms in total. The highest BCUT2D eigenvalue weighted by molar-refractivity contribution is 5.30. The highest BCUT2D eigenvalue weighted by Crippen LogP contribution is 2.23. The lowest BCUT2D eigenvalue weighted by atomic mass is 9.91. The summed E-state index contributed by atoms with van der Waals surface area (Å²) in [6.45, 7) is 2.14. The number of aliphatic hydroxyl groups is 1. The standard InChI is InChI=1S/C15H23NO2/c1-11(12-6-5-7-13(10-12)18-2)16-14-8-3-4-9-15(14)17/h5-7,10-11,14-17H,3-4,8-9H2,1-2H3/t11-,14+,15+/m0/s1. The number of ether oxygens (including phenoxy) is 1. The summed E-state index contributed by atoms with van der Waals surface area (Å²) in [4.78, 5) is 0. The third kappa shape index (κ3) is 3.24. The molecule has 2 N–H and O–H groups in total. The maximum Gasteiger partial charge on any atom is 0.119 e. The Labute approximate surface area is 109 Å². The van der Waals surface area contributed by atoms with Gasteiger partial charge in [0.1, 0.15) is 5.75 Å². The van der Waals surface area contributed by atoms with E-state index in [1.807, 2.05) is 18.2 Å². The zero-order chi connectivity index (χ0) is 13.0. The average Bonchev–Trinajstić information content (AvgIpc) is 2.41. The zero-order valence-electron chi connectivity index (χ0n) is 11.2. The predicted molar refractivity (Wildman–Crippen MR) is 72.8 cm³/mol. The first-order valence-corrected chi connectivity index (χ1v) is 6.79. The molecule has 1 aromatic carbocycles. The summed E-state index contributed by atoms with van der Waals surface area (Å²) in [7, 11) is 1.68. The van der Waals surface area contributed by atoms with Gasteiger partial charge >= 0.3 is 0 Å². The van der Waals surface area contributed by atoms with Crippen LogP contribution in [0.15, 0.2) is 24.3 Å². The Hall–Kier alpha value is -1.06. The summed E-state index contributed by atoms with van der Waals surface area (Å²) < 4.78 is 5.24. The zero-order valence-corrected chi connectivity index (χ0v) is 11.2. The number of rotatable bonds is 4. The van der Waals surface area contributed by atoms with Gasteiger partial charge in [-0.3, -0.25) is 0 Å². The molecule has 0 heterocycles. The van der Waals surface area contributed by atoms with E-state index in [0.29, 0.717) is 0 Å². The van der Waals surface area contributed by atoms with Gasteiger partial charge in [-0.15, -0.1) is 0 Å². The normalized spacial score (nSPS) is 25.7. The van der Waals surface area contributed by atoms with Gasteiger partial charge in [-0.05, 0) is 37.5 Å². The van der Waals surface area contributed by atoms with E-state index in [4.69, 9.17) is 4.74 Å². The predicted octanol–water partition coefficient (Wildman–Crippen LogP) is 2.65. The van der Waals surface area contributed by atoms with Crippen molar-refractivity contribution in [2.24, 2.45) is 0 Å². The fourth-order valence-corrected chi connectivity index (χ4v) is 2.63. The molecule has 1 aliphatic rings. The minimum absolute atomic E-state index is 0.202. The summed E-state index contributed by atoms with van der Waals surface area (Å²) in [5.74, 6) is 0.880. The van der Waals surface area contributed by atoms with Crippen LogP contribution in [0.4, 0.5) is 0 Å². The molecule has 0 unspecified atom stereocenters. The van der Waals surface area contributed by atoms with Crippen molar-refractivity contribution in [2.45, 2.75) is 50.8 Å². The quantitative estimate of drug-likeness (QED) is 0.862. The fraction of sp³-hybridized carbons (Fsp3) is 0.600. The van der Waals surface area contributed by atoms with E-state index in [-0.39, 0.29) is 18.2 Å². The first kappa shape index (κ1) is 13.4. The van der Waals surface area contributed by atoms with E-state index in [2.05, 4.69) is 18.3 Å². The van der Waals surface area contributed by atoms with Crippen molar-refractivity contribution >= 4 is 0 Å². The van der Waals surface area contributed by atoms with E-state index in [1.165, 1.54) is 12.0 Å². The number of hydrogen-bond donors (Lipinski definition) is 2. The Morgan fingerprint density at radius 1 is 1.33 bits per heavy atom. The summed E-state index contributed by atoms with van der Waals surface area (Å²) in [6, 6.07) is 8.55. The van der Waals surface area contributed by atoms with Crippen molar-refractivity contribution in [1.29, 1.82) is 0 Å². The molecule has 0 aromatic heterocycles. The topological polar surface area (TPSA) is 41.5 Å². The van der Waals surface area contributed by atoms with E-state index in [9.17, 15) is 5.11 Å². The number of benzene rings is 1. The van der Waals surface area contributed by atoms with Crippen LogP contribution in [0.1, 0.15) is 44.2 Å². The molecule has 0 saturated heterocycles. The van der Waals surface area contributed by atoms with Gasteiger partial charge in [0.2, 0.25) is 0 Å². The molecular weight excluding hydrogens is 226 g/mol. The van der Waals surface area contributed by atoms with Crippen molar-refractivity contribution in [3.8, 4) is 5.75 Å². The lowest BCUT2D eigenvalue weighted by Crippen LogP contribution is -2.43. The second-order valence-corrected chi connectivity index (χ2v) is 5.12.